The summed E-state index contributed by atoms with van der Waals surface area (Å²) in [5, 5.41) is 3.40. The molecule has 0 aliphatic rings. The molecule has 1 N–H and O–H groups in total. The van der Waals surface area contributed by atoms with E-state index in [0.717, 1.165) is 20.5 Å². The third kappa shape index (κ3) is 2.78. The van der Waals surface area contributed by atoms with Crippen LogP contribution < -0.4 is 23.3 Å². The van der Waals surface area contributed by atoms with Crippen LogP contribution >= 0.6 is 10.7 Å². The molecule has 1 unspecified atom stereocenters. The van der Waals surface area contributed by atoms with Crippen molar-refractivity contribution >= 4 is 26.7 Å². The first kappa shape index (κ1) is 17.2. The van der Waals surface area contributed by atoms with Gasteiger partial charge < -0.3 is 17.7 Å². The maximum atomic E-state index is 12.4. The predicted octanol–water partition coefficient (Wildman–Crippen LogP) is -0.0512. The molecule has 1 aromatic heterocycles. The van der Waals surface area contributed by atoms with Crippen LogP contribution in [0.2, 0.25) is 0 Å². The van der Waals surface area contributed by atoms with Crippen molar-refractivity contribution in [3.05, 3.63) is 63.9 Å². The molecule has 3 aromatic rings. The van der Waals surface area contributed by atoms with Crippen molar-refractivity contribution in [3.63, 3.8) is 0 Å². The van der Waals surface area contributed by atoms with Gasteiger partial charge in [-0.2, -0.15) is 0 Å². The van der Waals surface area contributed by atoms with Crippen molar-refractivity contribution in [2.75, 3.05) is 7.05 Å². The van der Waals surface area contributed by atoms with Crippen molar-refractivity contribution in [3.8, 4) is 4.90 Å². The van der Waals surface area contributed by atoms with Crippen molar-refractivity contribution in [1.82, 2.24) is 9.27 Å². The van der Waals surface area contributed by atoms with Gasteiger partial charge in [0.2, 0.25) is 9.60 Å². The van der Waals surface area contributed by atoms with Crippen LogP contribution in [0.3, 0.4) is 0 Å². The summed E-state index contributed by atoms with van der Waals surface area (Å²) in [6, 6.07) is 13.4. The largest absolute Gasteiger partial charge is 1.00 e. The Hall–Kier alpha value is -2.11. The zero-order valence-corrected chi connectivity index (χ0v) is 14.7. The van der Waals surface area contributed by atoms with Gasteiger partial charge in [0.05, 0.1) is 7.05 Å². The zero-order valence-electron chi connectivity index (χ0n) is 13.1. The molecule has 0 bridgehead atoms. The molecule has 0 saturated heterocycles. The topological polar surface area (TPSA) is 51.1 Å². The molecular weight excluding hydrogens is 332 g/mol. The van der Waals surface area contributed by atoms with Gasteiger partial charge >= 0.3 is 5.56 Å². The molecule has 3 rings (SSSR count). The standard InChI is InChI=1S/C17H16N2O2S.ClH/c1-11-8-9-15(13(10-11)16(20)18-2)22-14-7-5-4-6-12(14)17(21)19(22)3;/h4-10H,1-3H3;1H. The van der Waals surface area contributed by atoms with Crippen molar-refractivity contribution < 1.29 is 17.2 Å². The van der Waals surface area contributed by atoms with Crippen LogP contribution in [0.4, 0.5) is 0 Å². The van der Waals surface area contributed by atoms with E-state index < -0.39 is 10.7 Å². The minimum absolute atomic E-state index is 0. The van der Waals surface area contributed by atoms with Gasteiger partial charge in [0.25, 0.3) is 5.91 Å². The number of aromatic nitrogens is 1. The summed E-state index contributed by atoms with van der Waals surface area (Å²) in [6.07, 6.45) is 0. The monoisotopic (exact) mass is 348 g/mol. The van der Waals surface area contributed by atoms with Crippen LogP contribution in [-0.2, 0) is 7.05 Å². The number of amides is 1. The molecule has 4 nitrogen and oxygen atoms in total. The van der Waals surface area contributed by atoms with Crippen LogP contribution in [-0.4, -0.2) is 16.9 Å². The van der Waals surface area contributed by atoms with E-state index in [1.165, 1.54) is 0 Å². The summed E-state index contributed by atoms with van der Waals surface area (Å²) < 4.78 is 2.70. The number of benzene rings is 2. The number of carbonyl (C=O) groups excluding carboxylic acids is 1. The lowest BCUT2D eigenvalue weighted by atomic mass is 10.1. The summed E-state index contributed by atoms with van der Waals surface area (Å²) in [4.78, 5) is 25.5. The van der Waals surface area contributed by atoms with E-state index in [9.17, 15) is 9.59 Å². The lowest BCUT2D eigenvalue weighted by Crippen LogP contribution is -3.00. The minimum Gasteiger partial charge on any atom is -1.00 e. The first-order valence-corrected chi connectivity index (χ1v) is 8.17. The fourth-order valence-electron chi connectivity index (χ4n) is 2.60. The molecule has 2 aromatic carbocycles. The van der Waals surface area contributed by atoms with E-state index in [1.54, 1.807) is 18.1 Å². The summed E-state index contributed by atoms with van der Waals surface area (Å²) in [5.41, 5.74) is 1.65. The Labute approximate surface area is 143 Å². The molecule has 0 fully saturated rings. The normalized spacial score (nSPS) is 11.2. The van der Waals surface area contributed by atoms with E-state index in [1.807, 2.05) is 49.4 Å². The Kier molecular flexibility index (Phi) is 4.92. The molecule has 1 heterocycles. The second-order valence-electron chi connectivity index (χ2n) is 5.16. The Bertz CT molecular complexity index is 943. The van der Waals surface area contributed by atoms with Gasteiger partial charge in [0.1, 0.15) is 21.6 Å². The van der Waals surface area contributed by atoms with Crippen LogP contribution in [0.5, 0.6) is 0 Å². The number of hydrogen-bond acceptors (Lipinski definition) is 2. The first-order chi connectivity index (χ1) is 10.5. The molecular formula is C17H17ClN2O2S. The fraction of sp³-hybridized carbons (Fsp3) is 0.176. The average Bonchev–Trinajstić information content (AvgIpc) is 2.79. The minimum atomic E-state index is -0.560. The van der Waals surface area contributed by atoms with Crippen LogP contribution in [0.25, 0.3) is 15.0 Å². The molecule has 0 spiro atoms. The highest BCUT2D eigenvalue weighted by atomic mass is 35.5. The maximum Gasteiger partial charge on any atom is 0.304 e. The number of rotatable bonds is 2. The smallest absolute Gasteiger partial charge is 0.304 e. The summed E-state index contributed by atoms with van der Waals surface area (Å²) in [5.74, 6) is -0.128. The number of hydrogen-bond donors (Lipinski definition) is 1. The average molecular weight is 349 g/mol. The van der Waals surface area contributed by atoms with E-state index in [-0.39, 0.29) is 23.9 Å². The second-order valence-corrected chi connectivity index (χ2v) is 7.16. The van der Waals surface area contributed by atoms with Gasteiger partial charge in [0, 0.05) is 19.2 Å². The quantitative estimate of drug-likeness (QED) is 0.660. The van der Waals surface area contributed by atoms with Gasteiger partial charge in [-0.1, -0.05) is 18.2 Å². The Morgan fingerprint density at radius 3 is 2.57 bits per heavy atom. The van der Waals surface area contributed by atoms with E-state index >= 15 is 0 Å². The van der Waals surface area contributed by atoms with Gasteiger partial charge in [0.15, 0.2) is 0 Å². The van der Waals surface area contributed by atoms with Crippen molar-refractivity contribution in [2.45, 2.75) is 6.92 Å². The number of halogens is 1. The lowest BCUT2D eigenvalue weighted by molar-refractivity contribution is -0.0000126. The number of carbonyl (C=O) groups is 1. The summed E-state index contributed by atoms with van der Waals surface area (Å²) in [7, 11) is 2.85. The van der Waals surface area contributed by atoms with E-state index in [0.29, 0.717) is 5.56 Å². The first-order valence-electron chi connectivity index (χ1n) is 6.99. The van der Waals surface area contributed by atoms with Gasteiger partial charge in [-0.25, -0.2) is 0 Å². The number of nitrogens with one attached hydrogen (secondary N) is 1. The lowest BCUT2D eigenvalue weighted by Gasteiger charge is -2.04. The maximum absolute atomic E-state index is 12.4. The molecule has 120 valence electrons. The van der Waals surface area contributed by atoms with Gasteiger partial charge in [-0.3, -0.25) is 9.59 Å². The Balaban J connectivity index is 0.00000192. The molecule has 0 aliphatic carbocycles. The SMILES string of the molecule is CNC(=O)c1cc(C)ccc1-[s+]1c2ccccc2c(=O)n1C.[Cl-]. The molecule has 1 atom stereocenters. The number of nitrogens with zero attached hydrogens (tertiary/aromatic N) is 1. The third-order valence-electron chi connectivity index (χ3n) is 3.70. The van der Waals surface area contributed by atoms with Crippen molar-refractivity contribution in [1.29, 1.82) is 0 Å². The van der Waals surface area contributed by atoms with E-state index in [4.69, 9.17) is 0 Å². The van der Waals surface area contributed by atoms with Crippen LogP contribution in [0.1, 0.15) is 15.9 Å². The highest BCUT2D eigenvalue weighted by Gasteiger charge is 2.28. The summed E-state index contributed by atoms with van der Waals surface area (Å²) >= 11 is 0. The molecule has 23 heavy (non-hydrogen) atoms. The van der Waals surface area contributed by atoms with E-state index in [2.05, 4.69) is 5.32 Å². The van der Waals surface area contributed by atoms with Crippen LogP contribution in [0.15, 0.2) is 47.3 Å². The highest BCUT2D eigenvalue weighted by molar-refractivity contribution is 7.41. The second kappa shape index (κ2) is 6.56. The predicted molar refractivity (Wildman–Crippen MR) is 91.1 cm³/mol. The molecule has 0 radical (unpaired) electrons. The highest BCUT2D eigenvalue weighted by Crippen LogP contribution is 2.39. The third-order valence-corrected chi connectivity index (χ3v) is 5.96. The van der Waals surface area contributed by atoms with Gasteiger partial charge in [-0.15, -0.1) is 3.96 Å². The fourth-order valence-corrected chi connectivity index (χ4v) is 4.82. The Morgan fingerprint density at radius 2 is 1.87 bits per heavy atom. The zero-order chi connectivity index (χ0) is 15.9. The summed E-state index contributed by atoms with van der Waals surface area (Å²) in [6.45, 7) is 1.96. The number of fused-ring (bicyclic) bond motifs is 1. The Morgan fingerprint density at radius 1 is 1.17 bits per heavy atom. The molecule has 6 heteroatoms. The number of aryl methyl sites for hydroxylation is 1. The molecule has 1 amide bonds. The van der Waals surface area contributed by atoms with Crippen LogP contribution in [0, 0.1) is 6.92 Å². The molecule has 0 saturated carbocycles. The van der Waals surface area contributed by atoms with Crippen molar-refractivity contribution in [2.24, 2.45) is 7.05 Å². The van der Waals surface area contributed by atoms with Gasteiger partial charge in [-0.05, 0) is 24.6 Å². The molecule has 0 aliphatic heterocycles.